The first kappa shape index (κ1) is 23.6. The maximum absolute atomic E-state index is 4.98. The monoisotopic (exact) mass is 505 g/mol. The van der Waals surface area contributed by atoms with Gasteiger partial charge in [0, 0.05) is 41.1 Å². The Labute approximate surface area is 229 Å². The molecule has 0 fully saturated rings. The van der Waals surface area contributed by atoms with Gasteiger partial charge in [-0.1, -0.05) is 104 Å². The van der Waals surface area contributed by atoms with Crippen LogP contribution < -0.4 is 0 Å². The van der Waals surface area contributed by atoms with Gasteiger partial charge in [-0.05, 0) is 52.9 Å². The SMILES string of the molecule is C/C=C\C[C@@H](C)c1cnc2n1C1C=CC=CC1c1cnc(-c3ccc(-c4ccc5ccccc5c4)cc3)cc1-2. The summed E-state index contributed by atoms with van der Waals surface area (Å²) in [7, 11) is 0. The van der Waals surface area contributed by atoms with Gasteiger partial charge in [-0.25, -0.2) is 4.98 Å². The fourth-order valence-corrected chi connectivity index (χ4v) is 6.13. The molecule has 190 valence electrons. The van der Waals surface area contributed by atoms with Crippen LogP contribution in [0.15, 0.2) is 122 Å². The van der Waals surface area contributed by atoms with Gasteiger partial charge in [0.25, 0.3) is 0 Å². The molecule has 3 atom stereocenters. The summed E-state index contributed by atoms with van der Waals surface area (Å²) in [5.41, 5.74) is 8.26. The van der Waals surface area contributed by atoms with E-state index >= 15 is 0 Å². The van der Waals surface area contributed by atoms with Crippen LogP contribution in [-0.4, -0.2) is 14.5 Å². The molecule has 3 heterocycles. The number of fused-ring (bicyclic) bond motifs is 7. The van der Waals surface area contributed by atoms with E-state index in [-0.39, 0.29) is 12.0 Å². The van der Waals surface area contributed by atoms with Crippen molar-refractivity contribution in [3.05, 3.63) is 133 Å². The average Bonchev–Trinajstić information content (AvgIpc) is 3.46. The highest BCUT2D eigenvalue weighted by atomic mass is 15.1. The van der Waals surface area contributed by atoms with Crippen LogP contribution >= 0.6 is 0 Å². The quantitative estimate of drug-likeness (QED) is 0.223. The smallest absolute Gasteiger partial charge is 0.141 e. The second-order valence-corrected chi connectivity index (χ2v) is 10.7. The molecule has 0 N–H and O–H groups in total. The summed E-state index contributed by atoms with van der Waals surface area (Å²) >= 11 is 0. The summed E-state index contributed by atoms with van der Waals surface area (Å²) in [5, 5.41) is 2.52. The van der Waals surface area contributed by atoms with E-state index in [0.29, 0.717) is 5.92 Å². The largest absolute Gasteiger partial charge is 0.320 e. The number of aromatic nitrogens is 3. The van der Waals surface area contributed by atoms with Crippen molar-refractivity contribution in [1.29, 1.82) is 0 Å². The minimum absolute atomic E-state index is 0.233. The van der Waals surface area contributed by atoms with Crippen LogP contribution in [0.25, 0.3) is 44.5 Å². The molecule has 2 unspecified atom stereocenters. The summed E-state index contributed by atoms with van der Waals surface area (Å²) in [6.07, 6.45) is 18.5. The molecule has 39 heavy (non-hydrogen) atoms. The molecule has 0 saturated heterocycles. The van der Waals surface area contributed by atoms with Crippen molar-refractivity contribution < 1.29 is 0 Å². The predicted molar refractivity (Wildman–Crippen MR) is 162 cm³/mol. The zero-order chi connectivity index (χ0) is 26.3. The summed E-state index contributed by atoms with van der Waals surface area (Å²) < 4.78 is 2.47. The van der Waals surface area contributed by atoms with Crippen molar-refractivity contribution in [1.82, 2.24) is 14.5 Å². The Morgan fingerprint density at radius 2 is 1.59 bits per heavy atom. The van der Waals surface area contributed by atoms with Crippen molar-refractivity contribution in [2.24, 2.45) is 0 Å². The molecule has 0 amide bonds. The van der Waals surface area contributed by atoms with Crippen molar-refractivity contribution in [2.45, 2.75) is 38.1 Å². The lowest BCUT2D eigenvalue weighted by atomic mass is 9.82. The molecule has 2 aromatic heterocycles. The van der Waals surface area contributed by atoms with Crippen LogP contribution in [0, 0.1) is 0 Å². The highest BCUT2D eigenvalue weighted by Gasteiger charge is 2.35. The molecule has 0 bridgehead atoms. The van der Waals surface area contributed by atoms with Gasteiger partial charge in [-0.3, -0.25) is 4.98 Å². The van der Waals surface area contributed by atoms with Gasteiger partial charge in [-0.15, -0.1) is 0 Å². The number of hydrogen-bond donors (Lipinski definition) is 0. The summed E-state index contributed by atoms with van der Waals surface area (Å²) in [6.45, 7) is 4.38. The van der Waals surface area contributed by atoms with E-state index in [2.05, 4.69) is 140 Å². The number of nitrogens with zero attached hydrogens (tertiary/aromatic N) is 3. The Morgan fingerprint density at radius 1 is 0.821 bits per heavy atom. The van der Waals surface area contributed by atoms with Gasteiger partial charge < -0.3 is 4.57 Å². The molecule has 0 radical (unpaired) electrons. The van der Waals surface area contributed by atoms with Gasteiger partial charge in [0.15, 0.2) is 0 Å². The fourth-order valence-electron chi connectivity index (χ4n) is 6.13. The van der Waals surface area contributed by atoms with E-state index in [1.807, 2.05) is 0 Å². The molecule has 3 nitrogen and oxygen atoms in total. The van der Waals surface area contributed by atoms with Crippen LogP contribution in [0.3, 0.4) is 0 Å². The lowest BCUT2D eigenvalue weighted by molar-refractivity contribution is 0.502. The minimum Gasteiger partial charge on any atom is -0.320 e. The van der Waals surface area contributed by atoms with Crippen LogP contribution in [0.2, 0.25) is 0 Å². The first-order valence-corrected chi connectivity index (χ1v) is 13.8. The van der Waals surface area contributed by atoms with E-state index < -0.39 is 0 Å². The molecule has 3 aromatic carbocycles. The standard InChI is InChI=1S/C36H31N3/c1-3-4-9-24(2)35-23-38-36-31-21-33(37-22-32(31)30-12-7-8-13-34(30)39(35)36)27-17-14-26(15-18-27)29-19-16-25-10-5-6-11-28(25)20-29/h3-8,10-24,30,34H,9H2,1-2H3/b4-3-/t24-,30?,34?/m1/s1. The lowest BCUT2D eigenvalue weighted by Crippen LogP contribution is -2.25. The van der Waals surface area contributed by atoms with Crippen LogP contribution in [-0.2, 0) is 0 Å². The average molecular weight is 506 g/mol. The highest BCUT2D eigenvalue weighted by molar-refractivity contribution is 5.87. The van der Waals surface area contributed by atoms with E-state index in [9.17, 15) is 0 Å². The van der Waals surface area contributed by atoms with Gasteiger partial charge in [0.05, 0.1) is 11.7 Å². The third kappa shape index (κ3) is 4.06. The molecule has 2 aliphatic rings. The zero-order valence-corrected chi connectivity index (χ0v) is 22.3. The first-order valence-electron chi connectivity index (χ1n) is 13.8. The van der Waals surface area contributed by atoms with E-state index in [4.69, 9.17) is 9.97 Å². The third-order valence-electron chi connectivity index (χ3n) is 8.26. The topological polar surface area (TPSA) is 30.7 Å². The number of imidazole rings is 1. The Bertz CT molecular complexity index is 1770. The summed E-state index contributed by atoms with van der Waals surface area (Å²) in [4.78, 5) is 9.93. The Balaban J connectivity index is 1.27. The van der Waals surface area contributed by atoms with Crippen molar-refractivity contribution in [3.63, 3.8) is 0 Å². The van der Waals surface area contributed by atoms with Crippen LogP contribution in [0.5, 0.6) is 0 Å². The van der Waals surface area contributed by atoms with E-state index in [1.54, 1.807) is 0 Å². The molecule has 7 rings (SSSR count). The van der Waals surface area contributed by atoms with E-state index in [1.165, 1.54) is 38.7 Å². The molecule has 3 heteroatoms. The zero-order valence-electron chi connectivity index (χ0n) is 22.3. The van der Waals surface area contributed by atoms with Gasteiger partial charge in [-0.2, -0.15) is 0 Å². The second kappa shape index (κ2) is 9.67. The Morgan fingerprint density at radius 3 is 2.44 bits per heavy atom. The summed E-state index contributed by atoms with van der Waals surface area (Å²) in [6, 6.07) is 26.4. The molecule has 0 spiro atoms. The van der Waals surface area contributed by atoms with Crippen molar-refractivity contribution in [3.8, 4) is 33.8 Å². The number of hydrogen-bond acceptors (Lipinski definition) is 2. The Hall–Kier alpha value is -4.50. The van der Waals surface area contributed by atoms with Gasteiger partial charge in [0.2, 0.25) is 0 Å². The lowest BCUT2D eigenvalue weighted by Gasteiger charge is -2.35. The van der Waals surface area contributed by atoms with Crippen LogP contribution in [0.4, 0.5) is 0 Å². The molecular weight excluding hydrogens is 474 g/mol. The fraction of sp³-hybridized carbons (Fsp3) is 0.167. The number of pyridine rings is 1. The molecule has 1 aliphatic carbocycles. The summed E-state index contributed by atoms with van der Waals surface area (Å²) in [5.74, 6) is 1.70. The molecule has 5 aromatic rings. The second-order valence-electron chi connectivity index (χ2n) is 10.7. The third-order valence-corrected chi connectivity index (χ3v) is 8.26. The van der Waals surface area contributed by atoms with Crippen LogP contribution in [0.1, 0.15) is 49.4 Å². The predicted octanol–water partition coefficient (Wildman–Crippen LogP) is 9.27. The van der Waals surface area contributed by atoms with Crippen molar-refractivity contribution in [2.75, 3.05) is 0 Å². The first-order chi connectivity index (χ1) is 19.2. The number of benzene rings is 3. The van der Waals surface area contributed by atoms with Crippen molar-refractivity contribution >= 4 is 10.8 Å². The maximum Gasteiger partial charge on any atom is 0.141 e. The molecule has 0 saturated carbocycles. The number of allylic oxidation sites excluding steroid dienone is 6. The Kier molecular flexibility index (Phi) is 5.85. The molecule has 1 aliphatic heterocycles. The van der Waals surface area contributed by atoms with Gasteiger partial charge >= 0.3 is 0 Å². The minimum atomic E-state index is 0.233. The number of rotatable bonds is 5. The highest BCUT2D eigenvalue weighted by Crippen LogP contribution is 2.47. The normalized spacial score (nSPS) is 18.2. The van der Waals surface area contributed by atoms with E-state index in [0.717, 1.165) is 23.5 Å². The molecular formula is C36H31N3. The van der Waals surface area contributed by atoms with Gasteiger partial charge in [0.1, 0.15) is 5.82 Å². The maximum atomic E-state index is 4.98.